The Labute approximate surface area is 193 Å². The van der Waals surface area contributed by atoms with E-state index in [1.807, 2.05) is 0 Å². The Bertz CT molecular complexity index is 480. The van der Waals surface area contributed by atoms with E-state index in [1.165, 1.54) is 103 Å². The summed E-state index contributed by atoms with van der Waals surface area (Å²) < 4.78 is 16.8. The van der Waals surface area contributed by atoms with Crippen LogP contribution in [0.2, 0.25) is 0 Å². The van der Waals surface area contributed by atoms with Gasteiger partial charge in [-0.2, -0.15) is 0 Å². The lowest BCUT2D eigenvalue weighted by Crippen LogP contribution is -2.55. The van der Waals surface area contributed by atoms with Crippen molar-refractivity contribution in [3.05, 3.63) is 0 Å². The molecule has 3 atom stereocenters. The fraction of sp³-hybridized carbons (Fsp3) is 1.00. The van der Waals surface area contributed by atoms with E-state index in [-0.39, 0.29) is 6.10 Å². The fourth-order valence-electron chi connectivity index (χ4n) is 5.05. The zero-order chi connectivity index (χ0) is 23.0. The lowest BCUT2D eigenvalue weighted by Gasteiger charge is -2.45. The second-order valence-electron chi connectivity index (χ2n) is 10.5. The van der Waals surface area contributed by atoms with Crippen molar-refractivity contribution in [2.24, 2.45) is 0 Å². The molecule has 0 saturated carbocycles. The lowest BCUT2D eigenvalue weighted by atomic mass is 9.93. The molecule has 0 amide bonds. The molecule has 0 spiro atoms. The number of hydrogen-bond acceptors (Lipinski definition) is 3. The second kappa shape index (κ2) is 16.6. The van der Waals surface area contributed by atoms with Crippen LogP contribution in [-0.2, 0) is 9.09 Å². The van der Waals surface area contributed by atoms with Crippen LogP contribution in [0.25, 0.3) is 0 Å². The third-order valence-electron chi connectivity index (χ3n) is 7.22. The molecule has 186 valence electrons. The molecular formula is C25H52NO4P. The maximum absolute atomic E-state index is 11.0. The molecule has 1 aliphatic heterocycles. The summed E-state index contributed by atoms with van der Waals surface area (Å²) in [5, 5.41) is 0. The van der Waals surface area contributed by atoms with Crippen molar-refractivity contribution in [1.29, 1.82) is 0 Å². The predicted molar refractivity (Wildman–Crippen MR) is 129 cm³/mol. The van der Waals surface area contributed by atoms with Crippen LogP contribution in [0.4, 0.5) is 0 Å². The predicted octanol–water partition coefficient (Wildman–Crippen LogP) is 6.72. The maximum Gasteiger partial charge on any atom is 0.265 e. The van der Waals surface area contributed by atoms with E-state index in [9.17, 15) is 9.46 Å². The second-order valence-corrected chi connectivity index (χ2v) is 11.6. The highest BCUT2D eigenvalue weighted by molar-refractivity contribution is 7.44. The molecule has 1 heterocycles. The largest absolute Gasteiger partial charge is 0.756 e. The molecule has 3 unspecified atom stereocenters. The van der Waals surface area contributed by atoms with Crippen molar-refractivity contribution >= 4 is 7.82 Å². The van der Waals surface area contributed by atoms with Gasteiger partial charge >= 0.3 is 0 Å². The number of unbranched alkanes of at least 4 members (excludes halogenated alkanes) is 15. The lowest BCUT2D eigenvalue weighted by molar-refractivity contribution is -0.921. The van der Waals surface area contributed by atoms with Gasteiger partial charge < -0.3 is 18.8 Å². The van der Waals surface area contributed by atoms with E-state index in [1.54, 1.807) is 0 Å². The molecule has 1 fully saturated rings. The summed E-state index contributed by atoms with van der Waals surface area (Å²) in [6.45, 7) is 3.18. The summed E-state index contributed by atoms with van der Waals surface area (Å²) in [4.78, 5) is 20.0. The minimum atomic E-state index is -4.62. The van der Waals surface area contributed by atoms with E-state index in [4.69, 9.17) is 9.42 Å². The quantitative estimate of drug-likeness (QED) is 0.132. The third kappa shape index (κ3) is 15.5. The molecule has 0 aromatic heterocycles. The minimum Gasteiger partial charge on any atom is -0.756 e. The number of phosphoric acid groups is 1. The van der Waals surface area contributed by atoms with Crippen molar-refractivity contribution in [3.8, 4) is 0 Å². The van der Waals surface area contributed by atoms with Crippen LogP contribution in [0.5, 0.6) is 0 Å². The molecule has 1 rings (SSSR count). The van der Waals surface area contributed by atoms with Gasteiger partial charge in [-0.25, -0.2) is 0 Å². The molecule has 0 aromatic carbocycles. The van der Waals surface area contributed by atoms with Gasteiger partial charge in [-0.1, -0.05) is 103 Å². The van der Waals surface area contributed by atoms with E-state index in [2.05, 4.69) is 21.0 Å². The first-order valence-electron chi connectivity index (χ1n) is 13.3. The van der Waals surface area contributed by atoms with Gasteiger partial charge in [0.2, 0.25) is 0 Å². The van der Waals surface area contributed by atoms with Crippen LogP contribution in [-0.4, -0.2) is 42.2 Å². The molecule has 0 radical (unpaired) electrons. The highest BCUT2D eigenvalue weighted by atomic mass is 31.2. The average Bonchev–Trinajstić information content (AvgIpc) is 2.69. The molecule has 31 heavy (non-hydrogen) atoms. The zero-order valence-corrected chi connectivity index (χ0v) is 21.8. The van der Waals surface area contributed by atoms with Crippen molar-refractivity contribution in [2.45, 2.75) is 141 Å². The van der Waals surface area contributed by atoms with Crippen molar-refractivity contribution in [3.63, 3.8) is 0 Å². The summed E-state index contributed by atoms with van der Waals surface area (Å²) in [5.74, 6) is 0. The van der Waals surface area contributed by atoms with Gasteiger partial charge in [-0.3, -0.25) is 4.57 Å². The van der Waals surface area contributed by atoms with Crippen LogP contribution < -0.4 is 4.89 Å². The van der Waals surface area contributed by atoms with Gasteiger partial charge in [0.05, 0.1) is 32.8 Å². The van der Waals surface area contributed by atoms with Gasteiger partial charge in [-0.15, -0.1) is 0 Å². The Morgan fingerprint density at radius 3 is 1.68 bits per heavy atom. The molecule has 0 aliphatic carbocycles. The number of piperidine rings is 1. The molecule has 1 saturated heterocycles. The summed E-state index contributed by atoms with van der Waals surface area (Å²) in [7, 11) is -0.173. The summed E-state index contributed by atoms with van der Waals surface area (Å²) in [5.41, 5.74) is 0. The van der Waals surface area contributed by atoms with E-state index in [0.717, 1.165) is 23.9 Å². The van der Waals surface area contributed by atoms with Crippen LogP contribution in [0.1, 0.15) is 129 Å². The average molecular weight is 462 g/mol. The maximum atomic E-state index is 11.0. The van der Waals surface area contributed by atoms with Gasteiger partial charge in [0.25, 0.3) is 7.82 Å². The fourth-order valence-corrected chi connectivity index (χ4v) is 5.61. The van der Waals surface area contributed by atoms with Crippen LogP contribution in [0.3, 0.4) is 0 Å². The normalized spacial score (nSPS) is 23.0. The summed E-state index contributed by atoms with van der Waals surface area (Å²) in [6, 6.07) is 0.414. The number of rotatable bonds is 19. The summed E-state index contributed by atoms with van der Waals surface area (Å²) in [6.07, 6.45) is 24.2. The van der Waals surface area contributed by atoms with E-state index < -0.39 is 7.82 Å². The monoisotopic (exact) mass is 461 g/mol. The Morgan fingerprint density at radius 1 is 0.839 bits per heavy atom. The molecular weight excluding hydrogens is 409 g/mol. The Morgan fingerprint density at radius 2 is 1.26 bits per heavy atom. The number of likely N-dealkylation sites (tertiary alicyclic amines) is 1. The molecule has 0 aromatic rings. The number of quaternary nitrogens is 1. The smallest absolute Gasteiger partial charge is 0.265 e. The Kier molecular flexibility index (Phi) is 15.6. The molecule has 0 bridgehead atoms. The van der Waals surface area contributed by atoms with Crippen molar-refractivity contribution in [2.75, 3.05) is 20.6 Å². The third-order valence-corrected chi connectivity index (χ3v) is 7.79. The standard InChI is InChI=1S/C25H52NO4P/c1-4-5-6-7-8-9-10-11-12-13-14-15-16-17-18-19-20-24-23-25(30-31(27,28)29)21-22-26(24,2)3/h24-25H,4-23H2,1-3H3,(H-,27,28,29). The molecule has 1 N–H and O–H groups in total. The SMILES string of the molecule is CCCCCCCCCCCCCCCCCCC1CC(OP(=O)([O-])O)CC[N+]1(C)C. The van der Waals surface area contributed by atoms with Crippen molar-refractivity contribution in [1.82, 2.24) is 0 Å². The van der Waals surface area contributed by atoms with Crippen LogP contribution >= 0.6 is 7.82 Å². The summed E-state index contributed by atoms with van der Waals surface area (Å²) >= 11 is 0. The van der Waals surface area contributed by atoms with Gasteiger partial charge in [0.1, 0.15) is 0 Å². The van der Waals surface area contributed by atoms with Crippen LogP contribution in [0.15, 0.2) is 0 Å². The molecule has 6 heteroatoms. The van der Waals surface area contributed by atoms with E-state index >= 15 is 0 Å². The minimum absolute atomic E-state index is 0.356. The van der Waals surface area contributed by atoms with Crippen LogP contribution in [0, 0.1) is 0 Å². The van der Waals surface area contributed by atoms with E-state index in [0.29, 0.717) is 12.5 Å². The van der Waals surface area contributed by atoms with Gasteiger partial charge in [0.15, 0.2) is 0 Å². The zero-order valence-electron chi connectivity index (χ0n) is 20.9. The van der Waals surface area contributed by atoms with Gasteiger partial charge in [-0.05, 0) is 12.8 Å². The number of phosphoric ester groups is 1. The Hall–Kier alpha value is 0.0700. The van der Waals surface area contributed by atoms with Gasteiger partial charge in [0, 0.05) is 12.8 Å². The first-order valence-corrected chi connectivity index (χ1v) is 14.8. The first kappa shape index (κ1) is 29.1. The molecule has 5 nitrogen and oxygen atoms in total. The van der Waals surface area contributed by atoms with Crippen molar-refractivity contribution < 1.29 is 23.4 Å². The highest BCUT2D eigenvalue weighted by Crippen LogP contribution is 2.38. The number of hydrogen-bond donors (Lipinski definition) is 1. The Balaban J connectivity index is 1.95. The highest BCUT2D eigenvalue weighted by Gasteiger charge is 2.37. The number of nitrogens with zero attached hydrogens (tertiary/aromatic N) is 1. The topological polar surface area (TPSA) is 69.6 Å². The first-order chi connectivity index (χ1) is 14.7. The molecule has 1 aliphatic rings.